The van der Waals surface area contributed by atoms with E-state index in [0.29, 0.717) is 24.7 Å². The Morgan fingerprint density at radius 2 is 2.07 bits per heavy atom. The molecule has 3 aromatic heterocycles. The van der Waals surface area contributed by atoms with E-state index >= 15 is 0 Å². The zero-order chi connectivity index (χ0) is 19.1. The van der Waals surface area contributed by atoms with Crippen LogP contribution >= 0.6 is 0 Å². The minimum Gasteiger partial charge on any atom is -0.493 e. The number of hydrogen-bond acceptors (Lipinski definition) is 5. The number of aryl methyl sites for hydroxylation is 1. The number of nitrogens with zero attached hydrogens (tertiary/aromatic N) is 4. The van der Waals surface area contributed by atoms with Crippen LogP contribution in [-0.2, 0) is 13.0 Å². The normalized spacial score (nSPS) is 12.8. The van der Waals surface area contributed by atoms with Gasteiger partial charge in [-0.2, -0.15) is 0 Å². The number of rotatable bonds is 4. The van der Waals surface area contributed by atoms with Crippen molar-refractivity contribution in [3.05, 3.63) is 71.7 Å². The highest BCUT2D eigenvalue weighted by Crippen LogP contribution is 2.31. The number of imidazole rings is 1. The number of ether oxygens (including phenoxy) is 1. The molecular weight excluding hydrogens is 357 g/mol. The van der Waals surface area contributed by atoms with Gasteiger partial charge in [0.05, 0.1) is 6.61 Å². The first-order chi connectivity index (χ1) is 13.7. The Morgan fingerprint density at radius 3 is 2.96 bits per heavy atom. The van der Waals surface area contributed by atoms with Crippen molar-refractivity contribution in [2.75, 3.05) is 11.9 Å². The predicted octanol–water partition coefficient (Wildman–Crippen LogP) is 3.79. The molecule has 140 valence electrons. The molecule has 1 aromatic carbocycles. The molecule has 6 nitrogen and oxygen atoms in total. The molecule has 0 aliphatic carbocycles. The highest BCUT2D eigenvalue weighted by atomic mass is 19.1. The second-order valence-corrected chi connectivity index (χ2v) is 6.71. The molecule has 0 radical (unpaired) electrons. The summed E-state index contributed by atoms with van der Waals surface area (Å²) in [6.45, 7) is 2.88. The molecule has 0 bridgehead atoms. The number of benzene rings is 1. The van der Waals surface area contributed by atoms with E-state index in [-0.39, 0.29) is 5.82 Å². The van der Waals surface area contributed by atoms with Crippen LogP contribution in [0.4, 0.5) is 10.3 Å². The summed E-state index contributed by atoms with van der Waals surface area (Å²) in [5.41, 5.74) is 5.13. The van der Waals surface area contributed by atoms with Gasteiger partial charge in [-0.1, -0.05) is 6.07 Å². The van der Waals surface area contributed by atoms with Gasteiger partial charge in [0.25, 0.3) is 0 Å². The van der Waals surface area contributed by atoms with Crippen molar-refractivity contribution < 1.29 is 9.13 Å². The molecule has 0 amide bonds. The van der Waals surface area contributed by atoms with Crippen LogP contribution in [0.1, 0.15) is 16.8 Å². The zero-order valence-corrected chi connectivity index (χ0v) is 15.3. The Kier molecular flexibility index (Phi) is 3.93. The molecule has 0 saturated heterocycles. The molecule has 4 aromatic rings. The summed E-state index contributed by atoms with van der Waals surface area (Å²) in [5, 5.41) is 3.25. The summed E-state index contributed by atoms with van der Waals surface area (Å²) < 4.78 is 21.8. The first-order valence-electron chi connectivity index (χ1n) is 9.13. The molecule has 1 aliphatic rings. The number of aromatic nitrogens is 4. The van der Waals surface area contributed by atoms with Gasteiger partial charge in [-0.05, 0) is 25.1 Å². The van der Waals surface area contributed by atoms with E-state index in [2.05, 4.69) is 20.3 Å². The van der Waals surface area contributed by atoms with Crippen LogP contribution in [-0.4, -0.2) is 26.0 Å². The quantitative estimate of drug-likeness (QED) is 0.588. The molecule has 0 atom stereocenters. The van der Waals surface area contributed by atoms with Crippen molar-refractivity contribution in [2.24, 2.45) is 0 Å². The number of halogens is 1. The summed E-state index contributed by atoms with van der Waals surface area (Å²) in [5.74, 6) is 1.14. The van der Waals surface area contributed by atoms with E-state index in [4.69, 9.17) is 4.74 Å². The Morgan fingerprint density at radius 1 is 1.14 bits per heavy atom. The molecular formula is C21H18FN5O. The van der Waals surface area contributed by atoms with E-state index in [1.54, 1.807) is 24.7 Å². The number of nitrogens with one attached hydrogen (secondary N) is 1. The smallest absolute Gasteiger partial charge is 0.208 e. The molecule has 7 heteroatoms. The fourth-order valence-corrected chi connectivity index (χ4v) is 3.68. The maximum absolute atomic E-state index is 14.4. The fourth-order valence-electron chi connectivity index (χ4n) is 3.68. The Bertz CT molecular complexity index is 1190. The number of fused-ring (bicyclic) bond motifs is 2. The highest BCUT2D eigenvalue weighted by Gasteiger charge is 2.20. The molecule has 0 saturated carbocycles. The predicted molar refractivity (Wildman–Crippen MR) is 104 cm³/mol. The van der Waals surface area contributed by atoms with Gasteiger partial charge in [-0.3, -0.25) is 9.38 Å². The number of anilines is 1. The van der Waals surface area contributed by atoms with Crippen LogP contribution in [0.5, 0.6) is 5.75 Å². The first kappa shape index (κ1) is 16.7. The fraction of sp³-hybridized carbons (Fsp3) is 0.190. The standard InChI is InChI=1S/C21H18FN5O/c1-13-14(3-2-7-23-13)17-12-26-21(27-9-8-24-20(17)27)25-11-16-15-6-10-28-19(15)5-4-18(16)22/h2-5,7-9,12H,6,10-11H2,1H3,(H,25,26). The average molecular weight is 375 g/mol. The van der Waals surface area contributed by atoms with Gasteiger partial charge in [-0.25, -0.2) is 14.4 Å². The van der Waals surface area contributed by atoms with E-state index < -0.39 is 0 Å². The van der Waals surface area contributed by atoms with Crippen molar-refractivity contribution in [1.29, 1.82) is 0 Å². The third-order valence-electron chi connectivity index (χ3n) is 5.09. The summed E-state index contributed by atoms with van der Waals surface area (Å²) in [6, 6.07) is 7.05. The number of pyridine rings is 1. The van der Waals surface area contributed by atoms with Gasteiger partial charge in [0, 0.05) is 65.7 Å². The minimum atomic E-state index is -0.235. The second kappa shape index (κ2) is 6.60. The van der Waals surface area contributed by atoms with Gasteiger partial charge in [-0.15, -0.1) is 0 Å². The van der Waals surface area contributed by atoms with Crippen LogP contribution in [0.3, 0.4) is 0 Å². The van der Waals surface area contributed by atoms with Crippen LogP contribution in [0, 0.1) is 12.7 Å². The van der Waals surface area contributed by atoms with Gasteiger partial charge >= 0.3 is 0 Å². The summed E-state index contributed by atoms with van der Waals surface area (Å²) >= 11 is 0. The molecule has 5 rings (SSSR count). The van der Waals surface area contributed by atoms with Crippen LogP contribution in [0.2, 0.25) is 0 Å². The van der Waals surface area contributed by atoms with Gasteiger partial charge in [0.15, 0.2) is 0 Å². The SMILES string of the molecule is Cc1ncccc1-c1cnc(NCc2c(F)ccc3c2CCO3)n2ccnc12. The number of hydrogen-bond donors (Lipinski definition) is 1. The van der Waals surface area contributed by atoms with Crippen molar-refractivity contribution in [2.45, 2.75) is 19.9 Å². The van der Waals surface area contributed by atoms with Gasteiger partial charge in [0.1, 0.15) is 17.2 Å². The Labute approximate surface area is 161 Å². The summed E-state index contributed by atoms with van der Waals surface area (Å²) in [4.78, 5) is 13.4. The topological polar surface area (TPSA) is 64.3 Å². The van der Waals surface area contributed by atoms with Crippen LogP contribution < -0.4 is 10.1 Å². The lowest BCUT2D eigenvalue weighted by atomic mass is 10.0. The molecule has 0 fully saturated rings. The maximum atomic E-state index is 14.4. The van der Waals surface area contributed by atoms with E-state index in [1.165, 1.54) is 6.07 Å². The lowest BCUT2D eigenvalue weighted by Gasteiger charge is -2.13. The average Bonchev–Trinajstić information content (AvgIpc) is 3.37. The van der Waals surface area contributed by atoms with Crippen molar-refractivity contribution in [3.63, 3.8) is 0 Å². The first-order valence-corrected chi connectivity index (χ1v) is 9.13. The third kappa shape index (κ3) is 2.67. The lowest BCUT2D eigenvalue weighted by Crippen LogP contribution is -2.09. The van der Waals surface area contributed by atoms with E-state index in [0.717, 1.165) is 40.2 Å². The maximum Gasteiger partial charge on any atom is 0.208 e. The minimum absolute atomic E-state index is 0.235. The molecule has 1 N–H and O–H groups in total. The second-order valence-electron chi connectivity index (χ2n) is 6.71. The zero-order valence-electron chi connectivity index (χ0n) is 15.3. The molecule has 1 aliphatic heterocycles. The van der Waals surface area contributed by atoms with Crippen molar-refractivity contribution in [1.82, 2.24) is 19.4 Å². The van der Waals surface area contributed by atoms with E-state index in [1.807, 2.05) is 29.7 Å². The molecule has 0 unspecified atom stereocenters. The van der Waals surface area contributed by atoms with Crippen molar-refractivity contribution >= 4 is 11.6 Å². The molecule has 28 heavy (non-hydrogen) atoms. The lowest BCUT2D eigenvalue weighted by molar-refractivity contribution is 0.356. The molecule has 0 spiro atoms. The third-order valence-corrected chi connectivity index (χ3v) is 5.09. The van der Waals surface area contributed by atoms with Gasteiger partial charge in [0.2, 0.25) is 5.95 Å². The summed E-state index contributed by atoms with van der Waals surface area (Å²) in [7, 11) is 0. The largest absolute Gasteiger partial charge is 0.493 e. The monoisotopic (exact) mass is 375 g/mol. The van der Waals surface area contributed by atoms with Crippen molar-refractivity contribution in [3.8, 4) is 16.9 Å². The molecule has 4 heterocycles. The van der Waals surface area contributed by atoms with Crippen LogP contribution in [0.25, 0.3) is 16.8 Å². The van der Waals surface area contributed by atoms with Gasteiger partial charge < -0.3 is 10.1 Å². The Hall–Kier alpha value is -3.48. The Balaban J connectivity index is 1.51. The van der Waals surface area contributed by atoms with Crippen LogP contribution in [0.15, 0.2) is 49.1 Å². The van der Waals surface area contributed by atoms with E-state index in [9.17, 15) is 4.39 Å². The highest BCUT2D eigenvalue weighted by molar-refractivity contribution is 5.79. The summed E-state index contributed by atoms with van der Waals surface area (Å²) in [6.07, 6.45) is 7.84.